The number of benzene rings is 1. The minimum atomic E-state index is -0.180. The van der Waals surface area contributed by atoms with E-state index in [-0.39, 0.29) is 5.91 Å². The first-order valence-corrected chi connectivity index (χ1v) is 7.61. The molecule has 112 valence electrons. The maximum absolute atomic E-state index is 12.2. The molecule has 1 aromatic carbocycles. The molecule has 0 aliphatic heterocycles. The van der Waals surface area contributed by atoms with E-state index < -0.39 is 0 Å². The first-order chi connectivity index (χ1) is 10.1. The number of rotatable bonds is 6. The first-order valence-electron chi connectivity index (χ1n) is 6.80. The second-order valence-corrected chi connectivity index (χ2v) is 6.25. The van der Waals surface area contributed by atoms with Crippen molar-refractivity contribution < 1.29 is 9.53 Å². The van der Waals surface area contributed by atoms with Gasteiger partial charge in [0.15, 0.2) is 0 Å². The highest BCUT2D eigenvalue weighted by atomic mass is 32.1. The molecular formula is C15H19N3O2S. The monoisotopic (exact) mass is 305 g/mol. The molecule has 0 unspecified atom stereocenters. The Balaban J connectivity index is 2.03. The van der Waals surface area contributed by atoms with Crippen molar-refractivity contribution >= 4 is 22.4 Å². The summed E-state index contributed by atoms with van der Waals surface area (Å²) in [4.78, 5) is 12.2. The average molecular weight is 305 g/mol. The number of ether oxygens (including phenoxy) is 1. The van der Waals surface area contributed by atoms with Gasteiger partial charge in [0.25, 0.3) is 5.91 Å². The largest absolute Gasteiger partial charge is 0.380 e. The number of methoxy groups -OCH3 is 1. The Hall–Kier alpha value is -1.79. The molecule has 0 atom stereocenters. The minimum absolute atomic E-state index is 0.180. The molecule has 0 bridgehead atoms. The van der Waals surface area contributed by atoms with E-state index in [0.29, 0.717) is 23.2 Å². The predicted octanol–water partition coefficient (Wildman–Crippen LogP) is 3.14. The van der Waals surface area contributed by atoms with Crippen molar-refractivity contribution in [3.63, 3.8) is 0 Å². The van der Waals surface area contributed by atoms with Crippen LogP contribution < -0.4 is 5.32 Å². The molecule has 0 fully saturated rings. The van der Waals surface area contributed by atoms with Crippen LogP contribution in [0.4, 0.5) is 5.13 Å². The van der Waals surface area contributed by atoms with Crippen LogP contribution in [0.1, 0.15) is 34.8 Å². The van der Waals surface area contributed by atoms with Gasteiger partial charge in [0.2, 0.25) is 5.13 Å². The lowest BCUT2D eigenvalue weighted by molar-refractivity contribution is 0.102. The summed E-state index contributed by atoms with van der Waals surface area (Å²) in [6.45, 7) is 4.74. The van der Waals surface area contributed by atoms with Crippen molar-refractivity contribution in [3.8, 4) is 0 Å². The Kier molecular flexibility index (Phi) is 5.41. The number of hydrogen-bond acceptors (Lipinski definition) is 5. The molecule has 21 heavy (non-hydrogen) atoms. The van der Waals surface area contributed by atoms with Gasteiger partial charge in [-0.3, -0.25) is 10.1 Å². The minimum Gasteiger partial charge on any atom is -0.380 e. The fourth-order valence-electron chi connectivity index (χ4n) is 1.87. The number of aromatic nitrogens is 2. The van der Waals surface area contributed by atoms with Gasteiger partial charge in [-0.05, 0) is 23.6 Å². The first kappa shape index (κ1) is 15.6. The third kappa shape index (κ3) is 4.61. The molecule has 1 aromatic heterocycles. The lowest BCUT2D eigenvalue weighted by Crippen LogP contribution is -2.12. The standard InChI is InChI=1S/C15H19N3O2S/c1-10(2)7-13-17-18-15(21-13)16-14(19)12-6-4-5-11(8-12)9-20-3/h4-6,8,10H,7,9H2,1-3H3,(H,16,18,19). The highest BCUT2D eigenvalue weighted by Crippen LogP contribution is 2.19. The van der Waals surface area contributed by atoms with E-state index in [1.54, 1.807) is 13.2 Å². The van der Waals surface area contributed by atoms with Crippen LogP contribution in [0.25, 0.3) is 0 Å². The van der Waals surface area contributed by atoms with Gasteiger partial charge in [-0.1, -0.05) is 37.3 Å². The number of hydrogen-bond donors (Lipinski definition) is 1. The zero-order chi connectivity index (χ0) is 15.2. The molecule has 0 saturated heterocycles. The number of carbonyl (C=O) groups is 1. The molecule has 0 saturated carbocycles. The molecular weight excluding hydrogens is 286 g/mol. The van der Waals surface area contributed by atoms with Crippen molar-refractivity contribution in [3.05, 3.63) is 40.4 Å². The Morgan fingerprint density at radius 1 is 1.38 bits per heavy atom. The Morgan fingerprint density at radius 2 is 2.19 bits per heavy atom. The second kappa shape index (κ2) is 7.28. The molecule has 0 aliphatic rings. The SMILES string of the molecule is COCc1cccc(C(=O)Nc2nnc(CC(C)C)s2)c1. The Morgan fingerprint density at radius 3 is 2.90 bits per heavy atom. The molecule has 0 aliphatic carbocycles. The third-order valence-electron chi connectivity index (χ3n) is 2.77. The van der Waals surface area contributed by atoms with Crippen LogP contribution in [0.2, 0.25) is 0 Å². The summed E-state index contributed by atoms with van der Waals surface area (Å²) in [6.07, 6.45) is 0.872. The van der Waals surface area contributed by atoms with Crippen LogP contribution in [0.3, 0.4) is 0 Å². The summed E-state index contributed by atoms with van der Waals surface area (Å²) >= 11 is 1.42. The number of nitrogens with zero attached hydrogens (tertiary/aromatic N) is 2. The molecule has 1 heterocycles. The van der Waals surface area contributed by atoms with E-state index in [1.165, 1.54) is 11.3 Å². The topological polar surface area (TPSA) is 64.1 Å². The third-order valence-corrected chi connectivity index (χ3v) is 3.63. The lowest BCUT2D eigenvalue weighted by atomic mass is 10.1. The van der Waals surface area contributed by atoms with Gasteiger partial charge in [0.1, 0.15) is 5.01 Å². The average Bonchev–Trinajstić information content (AvgIpc) is 2.86. The normalized spacial score (nSPS) is 10.9. The van der Waals surface area contributed by atoms with Gasteiger partial charge in [0.05, 0.1) is 6.61 Å². The maximum atomic E-state index is 12.2. The lowest BCUT2D eigenvalue weighted by Gasteiger charge is -2.04. The fraction of sp³-hybridized carbons (Fsp3) is 0.400. The van der Waals surface area contributed by atoms with Crippen molar-refractivity contribution in [2.24, 2.45) is 5.92 Å². The molecule has 0 spiro atoms. The van der Waals surface area contributed by atoms with Crippen molar-refractivity contribution in [1.82, 2.24) is 10.2 Å². The number of carbonyl (C=O) groups excluding carboxylic acids is 1. The smallest absolute Gasteiger partial charge is 0.257 e. The summed E-state index contributed by atoms with van der Waals surface area (Å²) in [6, 6.07) is 7.35. The molecule has 1 amide bonds. The van der Waals surface area contributed by atoms with Gasteiger partial charge in [-0.2, -0.15) is 0 Å². The number of amides is 1. The predicted molar refractivity (Wildman–Crippen MR) is 83.6 cm³/mol. The summed E-state index contributed by atoms with van der Waals surface area (Å²) < 4.78 is 5.07. The Labute approximate surface area is 128 Å². The van der Waals surface area contributed by atoms with Crippen LogP contribution in [0, 0.1) is 5.92 Å². The van der Waals surface area contributed by atoms with Crippen molar-refractivity contribution in [2.75, 3.05) is 12.4 Å². The van der Waals surface area contributed by atoms with Crippen LogP contribution in [-0.4, -0.2) is 23.2 Å². The van der Waals surface area contributed by atoms with Crippen molar-refractivity contribution in [2.45, 2.75) is 26.9 Å². The van der Waals surface area contributed by atoms with Gasteiger partial charge < -0.3 is 4.74 Å². The summed E-state index contributed by atoms with van der Waals surface area (Å²) in [7, 11) is 1.63. The van der Waals surface area contributed by atoms with E-state index in [2.05, 4.69) is 29.4 Å². The van der Waals surface area contributed by atoms with E-state index in [4.69, 9.17) is 4.74 Å². The fourth-order valence-corrected chi connectivity index (χ4v) is 2.82. The number of anilines is 1. The molecule has 1 N–H and O–H groups in total. The molecule has 2 rings (SSSR count). The molecule has 5 nitrogen and oxygen atoms in total. The highest BCUT2D eigenvalue weighted by molar-refractivity contribution is 7.15. The molecule has 2 aromatic rings. The van der Waals surface area contributed by atoms with Crippen LogP contribution in [0.5, 0.6) is 0 Å². The van der Waals surface area contributed by atoms with Crippen LogP contribution >= 0.6 is 11.3 Å². The van der Waals surface area contributed by atoms with Crippen LogP contribution in [0.15, 0.2) is 24.3 Å². The molecule has 0 radical (unpaired) electrons. The summed E-state index contributed by atoms with van der Waals surface area (Å²) in [5.74, 6) is 0.340. The van der Waals surface area contributed by atoms with Gasteiger partial charge in [-0.25, -0.2) is 0 Å². The van der Waals surface area contributed by atoms with Crippen LogP contribution in [-0.2, 0) is 17.8 Å². The quantitative estimate of drug-likeness (QED) is 0.890. The summed E-state index contributed by atoms with van der Waals surface area (Å²) in [5, 5.41) is 12.3. The van der Waals surface area contributed by atoms with E-state index >= 15 is 0 Å². The number of nitrogens with one attached hydrogen (secondary N) is 1. The summed E-state index contributed by atoms with van der Waals surface area (Å²) in [5.41, 5.74) is 1.55. The van der Waals surface area contributed by atoms with Crippen molar-refractivity contribution in [1.29, 1.82) is 0 Å². The van der Waals surface area contributed by atoms with Gasteiger partial charge in [-0.15, -0.1) is 10.2 Å². The zero-order valence-electron chi connectivity index (χ0n) is 12.4. The highest BCUT2D eigenvalue weighted by Gasteiger charge is 2.11. The maximum Gasteiger partial charge on any atom is 0.257 e. The zero-order valence-corrected chi connectivity index (χ0v) is 13.2. The van der Waals surface area contributed by atoms with E-state index in [9.17, 15) is 4.79 Å². The van der Waals surface area contributed by atoms with Gasteiger partial charge in [0, 0.05) is 19.1 Å². The molecule has 6 heteroatoms. The van der Waals surface area contributed by atoms with E-state index in [1.807, 2.05) is 18.2 Å². The Bertz CT molecular complexity index is 610. The van der Waals surface area contributed by atoms with E-state index in [0.717, 1.165) is 17.0 Å². The second-order valence-electron chi connectivity index (χ2n) is 5.19. The van der Waals surface area contributed by atoms with Gasteiger partial charge >= 0.3 is 0 Å².